The van der Waals surface area contributed by atoms with Gasteiger partial charge in [0.1, 0.15) is 15.9 Å². The number of carboxylic acid groups (broad SMARTS) is 1. The summed E-state index contributed by atoms with van der Waals surface area (Å²) in [6.45, 7) is 1.48. The van der Waals surface area contributed by atoms with Gasteiger partial charge < -0.3 is 10.4 Å². The number of hydrogen-bond acceptors (Lipinski definition) is 4. The fourth-order valence-corrected chi connectivity index (χ4v) is 2.78. The van der Waals surface area contributed by atoms with Gasteiger partial charge in [0.25, 0.3) is 0 Å². The van der Waals surface area contributed by atoms with Gasteiger partial charge >= 0.3 is 5.97 Å². The molecule has 0 aliphatic heterocycles. The average molecular weight is 360 g/mol. The molecule has 0 aliphatic carbocycles. The maximum atomic E-state index is 11.8. The SMILES string of the molecule is CCS(=O)(=O)CCC(NC(=O)/C=C/c1cccc(Cl)c1)C(=O)O. The summed E-state index contributed by atoms with van der Waals surface area (Å²) in [5.74, 6) is -2.26. The number of nitrogens with one attached hydrogen (secondary N) is 1. The normalized spacial score (nSPS) is 13.0. The van der Waals surface area contributed by atoms with E-state index in [0.717, 1.165) is 0 Å². The number of carbonyl (C=O) groups excluding carboxylic acids is 1. The summed E-state index contributed by atoms with van der Waals surface area (Å²) in [6, 6.07) is 5.53. The summed E-state index contributed by atoms with van der Waals surface area (Å²) < 4.78 is 22.8. The van der Waals surface area contributed by atoms with Gasteiger partial charge in [-0.25, -0.2) is 13.2 Å². The quantitative estimate of drug-likeness (QED) is 0.688. The number of benzene rings is 1. The highest BCUT2D eigenvalue weighted by Crippen LogP contribution is 2.11. The van der Waals surface area contributed by atoms with E-state index in [0.29, 0.717) is 10.6 Å². The molecule has 8 heteroatoms. The lowest BCUT2D eigenvalue weighted by molar-refractivity contribution is -0.141. The number of carbonyl (C=O) groups is 2. The molecule has 126 valence electrons. The van der Waals surface area contributed by atoms with Crippen LogP contribution in [0.2, 0.25) is 5.02 Å². The van der Waals surface area contributed by atoms with Crippen LogP contribution in [0.4, 0.5) is 0 Å². The first-order valence-corrected chi connectivity index (χ1v) is 9.11. The van der Waals surface area contributed by atoms with Crippen molar-refractivity contribution in [2.75, 3.05) is 11.5 Å². The zero-order valence-corrected chi connectivity index (χ0v) is 14.1. The van der Waals surface area contributed by atoms with E-state index in [-0.39, 0.29) is 17.9 Å². The zero-order valence-electron chi connectivity index (χ0n) is 12.5. The number of carboxylic acids is 1. The van der Waals surface area contributed by atoms with Gasteiger partial charge in [0.05, 0.1) is 5.75 Å². The van der Waals surface area contributed by atoms with Crippen molar-refractivity contribution in [1.29, 1.82) is 0 Å². The molecular weight excluding hydrogens is 342 g/mol. The van der Waals surface area contributed by atoms with Gasteiger partial charge in [0, 0.05) is 16.9 Å². The van der Waals surface area contributed by atoms with E-state index in [9.17, 15) is 18.0 Å². The van der Waals surface area contributed by atoms with Crippen molar-refractivity contribution < 1.29 is 23.1 Å². The Morgan fingerprint density at radius 2 is 2.09 bits per heavy atom. The van der Waals surface area contributed by atoms with E-state index in [1.807, 2.05) is 0 Å². The van der Waals surface area contributed by atoms with Crippen LogP contribution in [0.1, 0.15) is 18.9 Å². The van der Waals surface area contributed by atoms with Gasteiger partial charge in [-0.1, -0.05) is 30.7 Å². The molecule has 1 atom stereocenters. The fraction of sp³-hybridized carbons (Fsp3) is 0.333. The molecular formula is C15H18ClNO5S. The predicted molar refractivity (Wildman–Crippen MR) is 89.0 cm³/mol. The number of sulfone groups is 1. The minimum absolute atomic E-state index is 0.0675. The Morgan fingerprint density at radius 1 is 1.39 bits per heavy atom. The maximum Gasteiger partial charge on any atom is 0.326 e. The lowest BCUT2D eigenvalue weighted by Crippen LogP contribution is -2.41. The van der Waals surface area contributed by atoms with Crippen LogP contribution >= 0.6 is 11.6 Å². The molecule has 0 bridgehead atoms. The van der Waals surface area contributed by atoms with Gasteiger partial charge in [-0.2, -0.15) is 0 Å². The van der Waals surface area contributed by atoms with Crippen LogP contribution in [-0.4, -0.2) is 42.9 Å². The van der Waals surface area contributed by atoms with Crippen LogP contribution < -0.4 is 5.32 Å². The van der Waals surface area contributed by atoms with Gasteiger partial charge in [-0.15, -0.1) is 0 Å². The lowest BCUT2D eigenvalue weighted by Gasteiger charge is -2.13. The van der Waals surface area contributed by atoms with E-state index >= 15 is 0 Å². The van der Waals surface area contributed by atoms with Crippen LogP contribution in [-0.2, 0) is 19.4 Å². The number of aliphatic carboxylic acids is 1. The first kappa shape index (κ1) is 19.2. The minimum atomic E-state index is -3.29. The van der Waals surface area contributed by atoms with Gasteiger partial charge in [0.15, 0.2) is 0 Å². The predicted octanol–water partition coefficient (Wildman–Crippen LogP) is 1.75. The van der Waals surface area contributed by atoms with Crippen molar-refractivity contribution in [1.82, 2.24) is 5.32 Å². The summed E-state index contributed by atoms with van der Waals surface area (Å²) in [6.07, 6.45) is 2.49. The van der Waals surface area contributed by atoms with Crippen molar-refractivity contribution in [3.8, 4) is 0 Å². The van der Waals surface area contributed by atoms with Crippen LogP contribution in [0.15, 0.2) is 30.3 Å². The Bertz CT molecular complexity index is 700. The molecule has 0 saturated carbocycles. The third-order valence-electron chi connectivity index (χ3n) is 3.05. The largest absolute Gasteiger partial charge is 0.480 e. The summed E-state index contributed by atoms with van der Waals surface area (Å²) in [4.78, 5) is 22.9. The Kier molecular flexibility index (Phi) is 7.25. The monoisotopic (exact) mass is 359 g/mol. The van der Waals surface area contributed by atoms with E-state index < -0.39 is 27.8 Å². The molecule has 0 heterocycles. The summed E-state index contributed by atoms with van der Waals surface area (Å²) in [7, 11) is -3.29. The fourth-order valence-electron chi connectivity index (χ4n) is 1.70. The Balaban J connectivity index is 2.66. The highest BCUT2D eigenvalue weighted by Gasteiger charge is 2.21. The van der Waals surface area contributed by atoms with Crippen molar-refractivity contribution >= 4 is 39.4 Å². The van der Waals surface area contributed by atoms with E-state index in [1.54, 1.807) is 24.3 Å². The molecule has 6 nitrogen and oxygen atoms in total. The maximum absolute atomic E-state index is 11.8. The Morgan fingerprint density at radius 3 is 2.65 bits per heavy atom. The van der Waals surface area contributed by atoms with Crippen molar-refractivity contribution in [3.63, 3.8) is 0 Å². The van der Waals surface area contributed by atoms with Crippen molar-refractivity contribution in [2.24, 2.45) is 0 Å². The smallest absolute Gasteiger partial charge is 0.326 e. The molecule has 0 radical (unpaired) electrons. The van der Waals surface area contributed by atoms with Gasteiger partial charge in [0.2, 0.25) is 5.91 Å². The van der Waals surface area contributed by atoms with Crippen LogP contribution in [0.5, 0.6) is 0 Å². The minimum Gasteiger partial charge on any atom is -0.480 e. The summed E-state index contributed by atoms with van der Waals surface area (Å²) in [5.41, 5.74) is 0.688. The average Bonchev–Trinajstić information content (AvgIpc) is 2.49. The lowest BCUT2D eigenvalue weighted by atomic mass is 10.2. The first-order chi connectivity index (χ1) is 10.7. The van der Waals surface area contributed by atoms with Gasteiger partial charge in [-0.05, 0) is 30.2 Å². The molecule has 0 aromatic heterocycles. The van der Waals surface area contributed by atoms with E-state index in [2.05, 4.69) is 5.32 Å². The third kappa shape index (κ3) is 7.30. The number of halogens is 1. The second-order valence-corrected chi connectivity index (χ2v) is 7.72. The number of amides is 1. The molecule has 0 aliphatic rings. The van der Waals surface area contributed by atoms with Crippen LogP contribution in [0.25, 0.3) is 6.08 Å². The van der Waals surface area contributed by atoms with E-state index in [4.69, 9.17) is 16.7 Å². The standard InChI is InChI=1S/C15H18ClNO5S/c1-2-23(21,22)9-8-13(15(19)20)17-14(18)7-6-11-4-3-5-12(16)10-11/h3-7,10,13H,2,8-9H2,1H3,(H,17,18)(H,19,20)/b7-6+. The summed E-state index contributed by atoms with van der Waals surface area (Å²) >= 11 is 5.81. The highest BCUT2D eigenvalue weighted by atomic mass is 35.5. The second-order valence-electron chi connectivity index (χ2n) is 4.81. The molecule has 1 aromatic rings. The van der Waals surface area contributed by atoms with E-state index in [1.165, 1.54) is 19.1 Å². The molecule has 1 unspecified atom stereocenters. The molecule has 0 fully saturated rings. The number of rotatable bonds is 8. The Hall–Kier alpha value is -1.86. The van der Waals surface area contributed by atoms with Crippen LogP contribution in [0.3, 0.4) is 0 Å². The molecule has 0 spiro atoms. The first-order valence-electron chi connectivity index (χ1n) is 6.91. The second kappa shape index (κ2) is 8.69. The molecule has 1 amide bonds. The molecule has 0 saturated heterocycles. The molecule has 1 aromatic carbocycles. The zero-order chi connectivity index (χ0) is 17.5. The van der Waals surface area contributed by atoms with Gasteiger partial charge in [-0.3, -0.25) is 4.79 Å². The summed E-state index contributed by atoms with van der Waals surface area (Å²) in [5, 5.41) is 11.9. The Labute approximate surface area is 140 Å². The van der Waals surface area contributed by atoms with Crippen LogP contribution in [0, 0.1) is 0 Å². The highest BCUT2D eigenvalue weighted by molar-refractivity contribution is 7.91. The van der Waals surface area contributed by atoms with Crippen molar-refractivity contribution in [3.05, 3.63) is 40.9 Å². The van der Waals surface area contributed by atoms with Crippen molar-refractivity contribution in [2.45, 2.75) is 19.4 Å². The molecule has 2 N–H and O–H groups in total. The third-order valence-corrected chi connectivity index (χ3v) is 5.02. The molecule has 23 heavy (non-hydrogen) atoms. The topological polar surface area (TPSA) is 101 Å². The molecule has 1 rings (SSSR count). The number of hydrogen-bond donors (Lipinski definition) is 2.